The molecule has 0 spiro atoms. The number of halogens is 1. The molecule has 0 aliphatic heterocycles. The van der Waals surface area contributed by atoms with Crippen LogP contribution in [0.4, 0.5) is 0 Å². The second-order valence-corrected chi connectivity index (χ2v) is 4.93. The first-order valence-corrected chi connectivity index (χ1v) is 6.80. The number of hydrogen-bond acceptors (Lipinski definition) is 4. The molecule has 0 atom stereocenters. The number of ether oxygens (including phenoxy) is 1. The third kappa shape index (κ3) is 6.53. The third-order valence-corrected chi connectivity index (χ3v) is 2.55. The smallest absolute Gasteiger partial charge is 0.287 e. The largest absolute Gasteiger partial charge is 0.444 e. The molecule has 1 aromatic heterocycles. The van der Waals surface area contributed by atoms with Crippen LogP contribution >= 0.6 is 15.9 Å². The summed E-state index contributed by atoms with van der Waals surface area (Å²) < 4.78 is 10.7. The first kappa shape index (κ1) is 16.5. The average molecular weight is 345 g/mol. The summed E-state index contributed by atoms with van der Waals surface area (Å²) in [5.74, 6) is -0.582. The van der Waals surface area contributed by atoms with Crippen LogP contribution in [0.2, 0.25) is 0 Å². The Morgan fingerprint density at radius 1 is 1.40 bits per heavy atom. The molecule has 0 bridgehead atoms. The van der Waals surface area contributed by atoms with E-state index in [0.717, 1.165) is 5.57 Å². The van der Waals surface area contributed by atoms with E-state index in [4.69, 9.17) is 9.15 Å². The summed E-state index contributed by atoms with van der Waals surface area (Å²) >= 11 is 3.09. The van der Waals surface area contributed by atoms with Crippen LogP contribution in [-0.2, 0) is 9.53 Å². The van der Waals surface area contributed by atoms with E-state index in [2.05, 4.69) is 33.1 Å². The first-order chi connectivity index (χ1) is 9.49. The van der Waals surface area contributed by atoms with Gasteiger partial charge in [0.25, 0.3) is 5.91 Å². The number of rotatable bonds is 8. The highest BCUT2D eigenvalue weighted by molar-refractivity contribution is 9.10. The van der Waals surface area contributed by atoms with Crippen LogP contribution < -0.4 is 10.6 Å². The zero-order valence-corrected chi connectivity index (χ0v) is 12.8. The molecule has 1 heterocycles. The van der Waals surface area contributed by atoms with Crippen LogP contribution in [-0.4, -0.2) is 38.1 Å². The Bertz CT molecular complexity index is 484. The first-order valence-electron chi connectivity index (χ1n) is 6.01. The molecule has 1 rings (SSSR count). The molecule has 110 valence electrons. The molecule has 0 fully saturated rings. The summed E-state index contributed by atoms with van der Waals surface area (Å²) in [5.41, 5.74) is 0.924. The number of carbonyl (C=O) groups is 2. The van der Waals surface area contributed by atoms with E-state index >= 15 is 0 Å². The lowest BCUT2D eigenvalue weighted by Gasteiger charge is -2.07. The van der Waals surface area contributed by atoms with Crippen molar-refractivity contribution in [3.63, 3.8) is 0 Å². The summed E-state index contributed by atoms with van der Waals surface area (Å²) in [6, 6.07) is 3.12. The fourth-order valence-electron chi connectivity index (χ4n) is 1.26. The zero-order valence-electron chi connectivity index (χ0n) is 11.2. The van der Waals surface area contributed by atoms with Crippen molar-refractivity contribution in [2.45, 2.75) is 6.92 Å². The maximum atomic E-state index is 11.6. The van der Waals surface area contributed by atoms with Gasteiger partial charge < -0.3 is 19.8 Å². The Morgan fingerprint density at radius 3 is 2.75 bits per heavy atom. The van der Waals surface area contributed by atoms with E-state index in [1.165, 1.54) is 6.07 Å². The highest BCUT2D eigenvalue weighted by atomic mass is 79.9. The minimum atomic E-state index is -0.440. The summed E-state index contributed by atoms with van der Waals surface area (Å²) in [5, 5.41) is 5.07. The van der Waals surface area contributed by atoms with Gasteiger partial charge in [0.2, 0.25) is 5.91 Å². The van der Waals surface area contributed by atoms with Crippen LogP contribution in [0.25, 0.3) is 0 Å². The molecular weight excluding hydrogens is 328 g/mol. The van der Waals surface area contributed by atoms with Gasteiger partial charge in [-0.2, -0.15) is 0 Å². The minimum Gasteiger partial charge on any atom is -0.444 e. The Morgan fingerprint density at radius 2 is 2.15 bits per heavy atom. The molecule has 1 aromatic rings. The van der Waals surface area contributed by atoms with Crippen molar-refractivity contribution in [3.05, 3.63) is 34.7 Å². The Balaban J connectivity index is 2.13. The monoisotopic (exact) mass is 344 g/mol. The van der Waals surface area contributed by atoms with Gasteiger partial charge >= 0.3 is 0 Å². The number of hydrogen-bond donors (Lipinski definition) is 2. The number of amides is 2. The van der Waals surface area contributed by atoms with Crippen molar-refractivity contribution in [1.82, 2.24) is 10.6 Å². The quantitative estimate of drug-likeness (QED) is 0.553. The summed E-state index contributed by atoms with van der Waals surface area (Å²) in [7, 11) is 0. The van der Waals surface area contributed by atoms with Crippen molar-refractivity contribution in [2.75, 3.05) is 26.3 Å². The maximum Gasteiger partial charge on any atom is 0.287 e. The third-order valence-electron chi connectivity index (χ3n) is 2.12. The second kappa shape index (κ2) is 8.55. The lowest BCUT2D eigenvalue weighted by atomic mass is 10.4. The Labute approximate surface area is 125 Å². The van der Waals surface area contributed by atoms with Crippen molar-refractivity contribution < 1.29 is 18.7 Å². The van der Waals surface area contributed by atoms with Gasteiger partial charge in [0.15, 0.2) is 10.4 Å². The summed E-state index contributed by atoms with van der Waals surface area (Å²) in [4.78, 5) is 23.0. The van der Waals surface area contributed by atoms with Crippen molar-refractivity contribution in [1.29, 1.82) is 0 Å². The Kier molecular flexibility index (Phi) is 7.03. The topological polar surface area (TPSA) is 80.6 Å². The molecule has 0 saturated heterocycles. The highest BCUT2D eigenvalue weighted by Crippen LogP contribution is 2.13. The van der Waals surface area contributed by atoms with E-state index in [0.29, 0.717) is 24.4 Å². The molecule has 0 saturated carbocycles. The van der Waals surface area contributed by atoms with Crippen LogP contribution in [0.1, 0.15) is 17.5 Å². The lowest BCUT2D eigenvalue weighted by Crippen LogP contribution is -2.38. The Hall–Kier alpha value is -1.60. The molecule has 0 radical (unpaired) electrons. The predicted octanol–water partition coefficient (Wildman–Crippen LogP) is 1.48. The summed E-state index contributed by atoms with van der Waals surface area (Å²) in [6.07, 6.45) is 0. The van der Waals surface area contributed by atoms with Gasteiger partial charge in [0.1, 0.15) is 0 Å². The molecule has 0 aliphatic rings. The maximum absolute atomic E-state index is 11.6. The van der Waals surface area contributed by atoms with Crippen LogP contribution in [0.5, 0.6) is 0 Å². The average Bonchev–Trinajstić information content (AvgIpc) is 2.82. The van der Waals surface area contributed by atoms with Crippen LogP contribution in [0.3, 0.4) is 0 Å². The van der Waals surface area contributed by atoms with Gasteiger partial charge in [-0.15, -0.1) is 0 Å². The zero-order chi connectivity index (χ0) is 15.0. The van der Waals surface area contributed by atoms with E-state index < -0.39 is 5.91 Å². The molecule has 0 aromatic carbocycles. The standard InChI is InChI=1S/C13H17BrN2O4/c1-9(2)8-19-6-5-15-12(17)7-16-13(18)10-3-4-11(14)20-10/h3-4H,1,5-8H2,2H3,(H,15,17)(H,16,18). The van der Waals surface area contributed by atoms with Gasteiger partial charge in [0.05, 0.1) is 19.8 Å². The normalized spacial score (nSPS) is 10.1. The second-order valence-electron chi connectivity index (χ2n) is 4.15. The van der Waals surface area contributed by atoms with Gasteiger partial charge in [-0.3, -0.25) is 9.59 Å². The van der Waals surface area contributed by atoms with E-state index in [-0.39, 0.29) is 18.2 Å². The molecule has 20 heavy (non-hydrogen) atoms. The van der Waals surface area contributed by atoms with Gasteiger partial charge in [-0.25, -0.2) is 0 Å². The molecule has 6 nitrogen and oxygen atoms in total. The van der Waals surface area contributed by atoms with Crippen molar-refractivity contribution in [2.24, 2.45) is 0 Å². The van der Waals surface area contributed by atoms with E-state index in [1.807, 2.05) is 6.92 Å². The fourth-order valence-corrected chi connectivity index (χ4v) is 1.56. The number of furan rings is 1. The van der Waals surface area contributed by atoms with Crippen molar-refractivity contribution >= 4 is 27.7 Å². The number of carbonyl (C=O) groups excluding carboxylic acids is 2. The highest BCUT2D eigenvalue weighted by Gasteiger charge is 2.11. The van der Waals surface area contributed by atoms with Crippen LogP contribution in [0, 0.1) is 0 Å². The molecule has 7 heteroatoms. The molecule has 2 N–H and O–H groups in total. The summed E-state index contributed by atoms with van der Waals surface area (Å²) in [6.45, 7) is 6.70. The SMILES string of the molecule is C=C(C)COCCNC(=O)CNC(=O)c1ccc(Br)o1. The van der Waals surface area contributed by atoms with E-state index in [1.54, 1.807) is 6.07 Å². The molecule has 0 unspecified atom stereocenters. The molecule has 2 amide bonds. The lowest BCUT2D eigenvalue weighted by molar-refractivity contribution is -0.120. The van der Waals surface area contributed by atoms with Gasteiger partial charge in [-0.05, 0) is 35.0 Å². The molecule has 0 aliphatic carbocycles. The van der Waals surface area contributed by atoms with Gasteiger partial charge in [0, 0.05) is 6.54 Å². The predicted molar refractivity (Wildman–Crippen MR) is 77.4 cm³/mol. The fraction of sp³-hybridized carbons (Fsp3) is 0.385. The molecular formula is C13H17BrN2O4. The van der Waals surface area contributed by atoms with Crippen LogP contribution in [0.15, 0.2) is 33.4 Å². The van der Waals surface area contributed by atoms with Gasteiger partial charge in [-0.1, -0.05) is 12.2 Å². The minimum absolute atomic E-state index is 0.113. The number of nitrogens with one attached hydrogen (secondary N) is 2. The van der Waals surface area contributed by atoms with E-state index in [9.17, 15) is 9.59 Å². The van der Waals surface area contributed by atoms with Crippen molar-refractivity contribution in [3.8, 4) is 0 Å².